The van der Waals surface area contributed by atoms with Gasteiger partial charge in [0.05, 0.1) is 10.6 Å². The zero-order valence-electron chi connectivity index (χ0n) is 11.7. The molecule has 1 aromatic carbocycles. The molecular formula is C14H22N2O3S. The van der Waals surface area contributed by atoms with Crippen molar-refractivity contribution in [3.8, 4) is 5.75 Å². The molecule has 2 unspecified atom stereocenters. The van der Waals surface area contributed by atoms with Crippen LogP contribution in [0, 0.1) is 5.92 Å². The highest BCUT2D eigenvalue weighted by molar-refractivity contribution is 7.89. The molecule has 5 nitrogen and oxygen atoms in total. The molecule has 2 atom stereocenters. The lowest BCUT2D eigenvalue weighted by molar-refractivity contribution is 0.282. The largest absolute Gasteiger partial charge is 0.506 e. The Kier molecular flexibility index (Phi) is 4.55. The average Bonchev–Trinajstić information content (AvgIpc) is 2.42. The maximum atomic E-state index is 12.4. The number of sulfonamides is 1. The second-order valence-electron chi connectivity index (χ2n) is 5.40. The van der Waals surface area contributed by atoms with Crippen LogP contribution in [0.4, 0.5) is 5.69 Å². The first-order valence-corrected chi connectivity index (χ1v) is 8.53. The van der Waals surface area contributed by atoms with E-state index in [4.69, 9.17) is 5.73 Å². The predicted octanol–water partition coefficient (Wildman–Crippen LogP) is 2.22. The topological polar surface area (TPSA) is 92.4 Å². The summed E-state index contributed by atoms with van der Waals surface area (Å²) in [5.74, 6) is 0.293. The first-order chi connectivity index (χ1) is 9.44. The number of phenols is 1. The quantitative estimate of drug-likeness (QED) is 0.587. The number of nitrogen functional groups attached to an aromatic ring is 1. The molecule has 0 heterocycles. The Morgan fingerprint density at radius 2 is 2.05 bits per heavy atom. The molecule has 0 saturated heterocycles. The predicted molar refractivity (Wildman–Crippen MR) is 78.9 cm³/mol. The molecule has 1 aliphatic carbocycles. The van der Waals surface area contributed by atoms with Gasteiger partial charge in [-0.25, -0.2) is 13.1 Å². The van der Waals surface area contributed by atoms with Gasteiger partial charge in [-0.15, -0.1) is 0 Å². The lowest BCUT2D eigenvalue weighted by atomic mass is 9.83. The van der Waals surface area contributed by atoms with Gasteiger partial charge in [-0.3, -0.25) is 0 Å². The molecule has 1 saturated carbocycles. The Hall–Kier alpha value is -1.27. The lowest BCUT2D eigenvalue weighted by Gasteiger charge is -2.31. The number of hydrogen-bond acceptors (Lipinski definition) is 4. The smallest absolute Gasteiger partial charge is 0.240 e. The van der Waals surface area contributed by atoms with Crippen LogP contribution in [0.2, 0.25) is 0 Å². The van der Waals surface area contributed by atoms with Crippen molar-refractivity contribution in [2.75, 3.05) is 5.73 Å². The number of hydrogen-bond donors (Lipinski definition) is 3. The van der Waals surface area contributed by atoms with E-state index in [0.29, 0.717) is 5.92 Å². The number of nitrogens with two attached hydrogens (primary N) is 1. The molecule has 0 bridgehead atoms. The van der Waals surface area contributed by atoms with E-state index in [1.807, 2.05) is 0 Å². The van der Waals surface area contributed by atoms with Crippen molar-refractivity contribution in [3.63, 3.8) is 0 Å². The van der Waals surface area contributed by atoms with Crippen LogP contribution in [-0.2, 0) is 10.0 Å². The summed E-state index contributed by atoms with van der Waals surface area (Å²) in [4.78, 5) is 0.105. The summed E-state index contributed by atoms with van der Waals surface area (Å²) >= 11 is 0. The fraction of sp³-hybridized carbons (Fsp3) is 0.571. The summed E-state index contributed by atoms with van der Waals surface area (Å²) < 4.78 is 27.5. The van der Waals surface area contributed by atoms with Gasteiger partial charge in [0.25, 0.3) is 0 Å². The van der Waals surface area contributed by atoms with Crippen LogP contribution in [0.25, 0.3) is 0 Å². The highest BCUT2D eigenvalue weighted by Gasteiger charge is 2.28. The van der Waals surface area contributed by atoms with Gasteiger partial charge in [0.15, 0.2) is 0 Å². The van der Waals surface area contributed by atoms with E-state index in [1.165, 1.54) is 24.6 Å². The van der Waals surface area contributed by atoms with Crippen LogP contribution >= 0.6 is 0 Å². The second kappa shape index (κ2) is 6.01. The fourth-order valence-electron chi connectivity index (χ4n) is 2.82. The minimum absolute atomic E-state index is 0.00576. The standard InChI is InChI=1S/C14H22N2O3S/c1-2-10-5-3-4-6-13(10)16-20(18,19)11-7-8-14(17)12(15)9-11/h7-10,13,16-17H,2-6,15H2,1H3. The zero-order chi connectivity index (χ0) is 14.8. The van der Waals surface area contributed by atoms with Crippen molar-refractivity contribution in [2.24, 2.45) is 5.92 Å². The Labute approximate surface area is 120 Å². The summed E-state index contributed by atoms with van der Waals surface area (Å²) in [6.07, 6.45) is 5.15. The highest BCUT2D eigenvalue weighted by atomic mass is 32.2. The summed E-state index contributed by atoms with van der Waals surface area (Å²) in [7, 11) is -3.58. The third-order valence-electron chi connectivity index (χ3n) is 4.05. The minimum Gasteiger partial charge on any atom is -0.506 e. The van der Waals surface area contributed by atoms with E-state index in [1.54, 1.807) is 0 Å². The molecule has 1 fully saturated rings. The summed E-state index contributed by atoms with van der Waals surface area (Å²) in [6.45, 7) is 2.09. The molecule has 112 valence electrons. The van der Waals surface area contributed by atoms with Gasteiger partial charge in [0.1, 0.15) is 5.75 Å². The number of anilines is 1. The molecule has 0 amide bonds. The highest BCUT2D eigenvalue weighted by Crippen LogP contribution is 2.29. The Bertz CT molecular complexity index is 572. The van der Waals surface area contributed by atoms with Crippen LogP contribution in [0.3, 0.4) is 0 Å². The Balaban J connectivity index is 2.19. The molecule has 0 radical (unpaired) electrons. The molecule has 1 aromatic rings. The second-order valence-corrected chi connectivity index (χ2v) is 7.12. The van der Waals surface area contributed by atoms with Crippen molar-refractivity contribution in [1.82, 2.24) is 4.72 Å². The van der Waals surface area contributed by atoms with Crippen molar-refractivity contribution < 1.29 is 13.5 Å². The minimum atomic E-state index is -3.58. The third kappa shape index (κ3) is 3.24. The molecule has 1 aliphatic rings. The van der Waals surface area contributed by atoms with Gasteiger partial charge in [-0.1, -0.05) is 26.2 Å². The summed E-state index contributed by atoms with van der Waals surface area (Å²) in [5.41, 5.74) is 5.63. The zero-order valence-corrected chi connectivity index (χ0v) is 12.5. The van der Waals surface area contributed by atoms with Crippen LogP contribution in [0.5, 0.6) is 5.75 Å². The monoisotopic (exact) mass is 298 g/mol. The van der Waals surface area contributed by atoms with Crippen molar-refractivity contribution in [2.45, 2.75) is 50.0 Å². The summed E-state index contributed by atoms with van der Waals surface area (Å²) in [6, 6.07) is 3.97. The van der Waals surface area contributed by atoms with Crippen LogP contribution in [0.15, 0.2) is 23.1 Å². The molecule has 20 heavy (non-hydrogen) atoms. The lowest BCUT2D eigenvalue weighted by Crippen LogP contribution is -2.41. The first kappa shape index (κ1) is 15.1. The maximum Gasteiger partial charge on any atom is 0.240 e. The molecule has 6 heteroatoms. The summed E-state index contributed by atoms with van der Waals surface area (Å²) in [5, 5.41) is 9.37. The van der Waals surface area contributed by atoms with E-state index in [0.717, 1.165) is 25.7 Å². The normalized spacial score (nSPS) is 23.6. The van der Waals surface area contributed by atoms with Crippen LogP contribution in [-0.4, -0.2) is 19.6 Å². The Morgan fingerprint density at radius 3 is 2.70 bits per heavy atom. The molecule has 0 aliphatic heterocycles. The number of benzene rings is 1. The Morgan fingerprint density at radius 1 is 1.35 bits per heavy atom. The number of aromatic hydroxyl groups is 1. The van der Waals surface area contributed by atoms with E-state index >= 15 is 0 Å². The van der Waals surface area contributed by atoms with E-state index in [2.05, 4.69) is 11.6 Å². The molecule has 2 rings (SSSR count). The van der Waals surface area contributed by atoms with Crippen molar-refractivity contribution >= 4 is 15.7 Å². The van der Waals surface area contributed by atoms with E-state index in [-0.39, 0.29) is 22.4 Å². The van der Waals surface area contributed by atoms with E-state index < -0.39 is 10.0 Å². The fourth-order valence-corrected chi connectivity index (χ4v) is 4.19. The molecule has 4 N–H and O–H groups in total. The first-order valence-electron chi connectivity index (χ1n) is 7.05. The SMILES string of the molecule is CCC1CCCCC1NS(=O)(=O)c1ccc(O)c(N)c1. The number of rotatable bonds is 4. The van der Waals surface area contributed by atoms with Gasteiger partial charge in [-0.05, 0) is 37.0 Å². The van der Waals surface area contributed by atoms with Crippen LogP contribution < -0.4 is 10.5 Å². The third-order valence-corrected chi connectivity index (χ3v) is 5.54. The van der Waals surface area contributed by atoms with Gasteiger partial charge in [0.2, 0.25) is 10.0 Å². The molecule has 0 spiro atoms. The van der Waals surface area contributed by atoms with E-state index in [9.17, 15) is 13.5 Å². The molecular weight excluding hydrogens is 276 g/mol. The average molecular weight is 298 g/mol. The van der Waals surface area contributed by atoms with Crippen LogP contribution in [0.1, 0.15) is 39.0 Å². The molecule has 0 aromatic heterocycles. The number of phenolic OH excluding ortho intramolecular Hbond substituents is 1. The maximum absolute atomic E-state index is 12.4. The van der Waals surface area contributed by atoms with Gasteiger partial charge >= 0.3 is 0 Å². The number of nitrogens with one attached hydrogen (secondary N) is 1. The van der Waals surface area contributed by atoms with Gasteiger partial charge < -0.3 is 10.8 Å². The van der Waals surface area contributed by atoms with Gasteiger partial charge in [-0.2, -0.15) is 0 Å². The van der Waals surface area contributed by atoms with Crippen molar-refractivity contribution in [3.05, 3.63) is 18.2 Å². The van der Waals surface area contributed by atoms with Gasteiger partial charge in [0, 0.05) is 6.04 Å². The van der Waals surface area contributed by atoms with Crippen molar-refractivity contribution in [1.29, 1.82) is 0 Å².